The van der Waals surface area contributed by atoms with E-state index in [1.165, 1.54) is 5.39 Å². The van der Waals surface area contributed by atoms with Gasteiger partial charge in [-0.3, -0.25) is 4.98 Å². The Bertz CT molecular complexity index is 1180. The third kappa shape index (κ3) is 3.41. The van der Waals surface area contributed by atoms with Crippen LogP contribution in [0.1, 0.15) is 16.8 Å². The first kappa shape index (κ1) is 16.9. The molecule has 1 heterocycles. The minimum Gasteiger partial charge on any atom is -0.496 e. The van der Waals surface area contributed by atoms with E-state index in [4.69, 9.17) is 4.74 Å². The van der Waals surface area contributed by atoms with Crippen LogP contribution in [0.3, 0.4) is 0 Å². The first-order valence-electron chi connectivity index (χ1n) is 8.86. The van der Waals surface area contributed by atoms with Gasteiger partial charge in [0.1, 0.15) is 5.75 Å². The molecule has 0 aliphatic rings. The van der Waals surface area contributed by atoms with Gasteiger partial charge < -0.3 is 4.74 Å². The zero-order chi connectivity index (χ0) is 18.6. The molecule has 0 spiro atoms. The van der Waals surface area contributed by atoms with Gasteiger partial charge in [-0.15, -0.1) is 0 Å². The van der Waals surface area contributed by atoms with Crippen LogP contribution in [0, 0.1) is 18.8 Å². The number of aryl methyl sites for hydroxylation is 1. The molecule has 0 radical (unpaired) electrons. The number of aromatic nitrogens is 1. The Balaban J connectivity index is 1.87. The Morgan fingerprint density at radius 3 is 2.41 bits per heavy atom. The first-order valence-corrected chi connectivity index (χ1v) is 8.86. The molecule has 0 saturated heterocycles. The molecule has 2 heteroatoms. The van der Waals surface area contributed by atoms with E-state index in [2.05, 4.69) is 59.3 Å². The first-order chi connectivity index (χ1) is 13.3. The lowest BCUT2D eigenvalue weighted by Gasteiger charge is -2.12. The minimum atomic E-state index is 0.869. The Labute approximate surface area is 159 Å². The van der Waals surface area contributed by atoms with Crippen molar-refractivity contribution in [2.45, 2.75) is 6.92 Å². The number of ether oxygens (including phenoxy) is 1. The molecule has 27 heavy (non-hydrogen) atoms. The van der Waals surface area contributed by atoms with E-state index in [-0.39, 0.29) is 0 Å². The number of pyridine rings is 1. The molecule has 0 atom stereocenters. The fraction of sp³-hybridized carbons (Fsp3) is 0.0800. The van der Waals surface area contributed by atoms with Gasteiger partial charge >= 0.3 is 0 Å². The fourth-order valence-corrected chi connectivity index (χ4v) is 3.28. The van der Waals surface area contributed by atoms with Gasteiger partial charge in [0, 0.05) is 28.6 Å². The SMILES string of the molecule is COc1ccccc1-c1cccc2c(C#Cc3ccnc(C)c3)cccc12. The summed E-state index contributed by atoms with van der Waals surface area (Å²) in [6, 6.07) is 24.6. The predicted molar refractivity (Wildman–Crippen MR) is 111 cm³/mol. The Morgan fingerprint density at radius 2 is 1.56 bits per heavy atom. The zero-order valence-electron chi connectivity index (χ0n) is 15.4. The third-order valence-corrected chi connectivity index (χ3v) is 4.56. The average Bonchev–Trinajstić information content (AvgIpc) is 2.72. The van der Waals surface area contributed by atoms with E-state index >= 15 is 0 Å². The van der Waals surface area contributed by atoms with Crippen molar-refractivity contribution >= 4 is 10.8 Å². The van der Waals surface area contributed by atoms with Crippen molar-refractivity contribution in [2.75, 3.05) is 7.11 Å². The van der Waals surface area contributed by atoms with Crippen molar-refractivity contribution in [2.24, 2.45) is 0 Å². The van der Waals surface area contributed by atoms with Gasteiger partial charge in [-0.25, -0.2) is 0 Å². The summed E-state index contributed by atoms with van der Waals surface area (Å²) in [6.45, 7) is 1.97. The van der Waals surface area contributed by atoms with E-state index in [1.807, 2.05) is 37.3 Å². The van der Waals surface area contributed by atoms with Crippen LogP contribution < -0.4 is 4.74 Å². The van der Waals surface area contributed by atoms with Crippen LogP contribution in [0.2, 0.25) is 0 Å². The van der Waals surface area contributed by atoms with Gasteiger partial charge in [0.15, 0.2) is 0 Å². The van der Waals surface area contributed by atoms with Crippen LogP contribution in [-0.2, 0) is 0 Å². The Hall–Kier alpha value is -3.57. The monoisotopic (exact) mass is 349 g/mol. The largest absolute Gasteiger partial charge is 0.496 e. The molecule has 0 aliphatic heterocycles. The molecule has 0 bridgehead atoms. The second-order valence-electron chi connectivity index (χ2n) is 6.34. The standard InChI is InChI=1S/C25H19NO/c1-18-17-19(15-16-26-18)13-14-20-7-5-10-22-21(20)9-6-11-23(22)24-8-3-4-12-25(24)27-2/h3-12,15-17H,1-2H3. The number of para-hydroxylation sites is 1. The molecule has 4 aromatic rings. The average molecular weight is 349 g/mol. The van der Waals surface area contributed by atoms with Crippen LogP contribution in [0.15, 0.2) is 79.0 Å². The highest BCUT2D eigenvalue weighted by molar-refractivity contribution is 6.00. The third-order valence-electron chi connectivity index (χ3n) is 4.56. The summed E-state index contributed by atoms with van der Waals surface area (Å²) in [5.74, 6) is 7.46. The van der Waals surface area contributed by atoms with E-state index in [1.54, 1.807) is 13.3 Å². The van der Waals surface area contributed by atoms with Gasteiger partial charge in [-0.2, -0.15) is 0 Å². The molecule has 4 rings (SSSR count). The lowest BCUT2D eigenvalue weighted by atomic mass is 9.95. The maximum absolute atomic E-state index is 5.56. The summed E-state index contributed by atoms with van der Waals surface area (Å²) in [5, 5.41) is 2.30. The van der Waals surface area contributed by atoms with Gasteiger partial charge in [-0.05, 0) is 47.5 Å². The van der Waals surface area contributed by atoms with Crippen LogP contribution in [0.5, 0.6) is 5.75 Å². The molecular formula is C25H19NO. The van der Waals surface area contributed by atoms with E-state index in [9.17, 15) is 0 Å². The van der Waals surface area contributed by atoms with Crippen molar-refractivity contribution in [1.29, 1.82) is 0 Å². The molecule has 0 unspecified atom stereocenters. The van der Waals surface area contributed by atoms with E-state index < -0.39 is 0 Å². The number of nitrogens with zero attached hydrogens (tertiary/aromatic N) is 1. The predicted octanol–water partition coefficient (Wildman–Crippen LogP) is 5.62. The Morgan fingerprint density at radius 1 is 0.778 bits per heavy atom. The molecule has 0 saturated carbocycles. The lowest BCUT2D eigenvalue weighted by molar-refractivity contribution is 0.416. The molecule has 0 N–H and O–H groups in total. The van der Waals surface area contributed by atoms with Crippen molar-refractivity contribution in [3.63, 3.8) is 0 Å². The highest BCUT2D eigenvalue weighted by Crippen LogP contribution is 2.35. The number of hydrogen-bond donors (Lipinski definition) is 0. The normalized spacial score (nSPS) is 10.3. The van der Waals surface area contributed by atoms with Crippen molar-refractivity contribution < 1.29 is 4.74 Å². The van der Waals surface area contributed by atoms with E-state index in [0.717, 1.165) is 39.1 Å². The summed E-state index contributed by atoms with van der Waals surface area (Å²) in [4.78, 5) is 4.23. The summed E-state index contributed by atoms with van der Waals surface area (Å²) in [7, 11) is 1.71. The van der Waals surface area contributed by atoms with Crippen molar-refractivity contribution in [3.8, 4) is 28.7 Å². The van der Waals surface area contributed by atoms with E-state index in [0.29, 0.717) is 0 Å². The minimum absolute atomic E-state index is 0.869. The molecule has 0 aliphatic carbocycles. The Kier molecular flexibility index (Phi) is 4.60. The molecule has 1 aromatic heterocycles. The second kappa shape index (κ2) is 7.35. The van der Waals surface area contributed by atoms with Crippen LogP contribution in [-0.4, -0.2) is 12.1 Å². The highest BCUT2D eigenvalue weighted by atomic mass is 16.5. The molecule has 130 valence electrons. The number of methoxy groups -OCH3 is 1. The zero-order valence-corrected chi connectivity index (χ0v) is 15.4. The summed E-state index contributed by atoms with van der Waals surface area (Å²) in [5.41, 5.74) is 5.19. The summed E-state index contributed by atoms with van der Waals surface area (Å²) in [6.07, 6.45) is 1.79. The number of hydrogen-bond acceptors (Lipinski definition) is 2. The molecular weight excluding hydrogens is 330 g/mol. The smallest absolute Gasteiger partial charge is 0.126 e. The second-order valence-corrected chi connectivity index (χ2v) is 6.34. The topological polar surface area (TPSA) is 22.1 Å². The molecule has 2 nitrogen and oxygen atoms in total. The van der Waals surface area contributed by atoms with Gasteiger partial charge in [0.05, 0.1) is 7.11 Å². The highest BCUT2D eigenvalue weighted by Gasteiger charge is 2.09. The number of rotatable bonds is 2. The van der Waals surface area contributed by atoms with Crippen molar-refractivity contribution in [3.05, 3.63) is 95.8 Å². The maximum atomic E-state index is 5.56. The quantitative estimate of drug-likeness (QED) is 0.438. The van der Waals surface area contributed by atoms with Gasteiger partial charge in [-0.1, -0.05) is 60.4 Å². The summed E-state index contributed by atoms with van der Waals surface area (Å²) >= 11 is 0. The van der Waals surface area contributed by atoms with Crippen LogP contribution in [0.4, 0.5) is 0 Å². The number of benzene rings is 3. The molecule has 0 fully saturated rings. The maximum Gasteiger partial charge on any atom is 0.126 e. The van der Waals surface area contributed by atoms with Crippen LogP contribution >= 0.6 is 0 Å². The fourth-order valence-electron chi connectivity index (χ4n) is 3.28. The van der Waals surface area contributed by atoms with Crippen molar-refractivity contribution in [1.82, 2.24) is 4.98 Å². The van der Waals surface area contributed by atoms with Crippen LogP contribution in [0.25, 0.3) is 21.9 Å². The van der Waals surface area contributed by atoms with Gasteiger partial charge in [0.25, 0.3) is 0 Å². The number of fused-ring (bicyclic) bond motifs is 1. The lowest BCUT2D eigenvalue weighted by Crippen LogP contribution is -1.89. The summed E-state index contributed by atoms with van der Waals surface area (Å²) < 4.78 is 5.56. The van der Waals surface area contributed by atoms with Gasteiger partial charge in [0.2, 0.25) is 0 Å². The molecule has 0 amide bonds. The molecule has 3 aromatic carbocycles.